The maximum atomic E-state index is 8.19. The highest BCUT2D eigenvalue weighted by atomic mass is 79.9. The molecule has 0 spiro atoms. The van der Waals surface area contributed by atoms with Crippen LogP contribution in [-0.4, -0.2) is 16.5 Å². The molecule has 0 aromatic carbocycles. The zero-order valence-corrected chi connectivity index (χ0v) is 7.36. The molecule has 1 aromatic rings. The number of rotatable bonds is 1. The quantitative estimate of drug-likeness (QED) is 0.755. The average Bonchev–Trinajstić information content (AvgIpc) is 2.40. The maximum Gasteiger partial charge on any atom is 0.196 e. The van der Waals surface area contributed by atoms with Crippen LogP contribution in [0.25, 0.3) is 0 Å². The molecule has 3 nitrogen and oxygen atoms in total. The Hall–Kier alpha value is -0.480. The summed E-state index contributed by atoms with van der Waals surface area (Å²) < 4.78 is 69.4. The standard InChI is InChI=1S/C8H10BrN3/c9-8-11-5-3-7(12-8)6-2-1-4-10-6/h3,5-6,10H,1-2,4H2/i1D2,2D2,3D,4D2,5D,6D. The van der Waals surface area contributed by atoms with Gasteiger partial charge in [-0.2, -0.15) is 0 Å². The van der Waals surface area contributed by atoms with Crippen molar-refractivity contribution in [2.24, 2.45) is 0 Å². The first-order valence-corrected chi connectivity index (χ1v) is 3.88. The molecule has 0 bridgehead atoms. The molecule has 1 saturated heterocycles. The molecule has 1 aliphatic rings. The number of halogens is 1. The van der Waals surface area contributed by atoms with E-state index < -0.39 is 43.2 Å². The molecule has 0 radical (unpaired) electrons. The predicted molar refractivity (Wildman–Crippen MR) is 49.7 cm³/mol. The minimum atomic E-state index is -3.05. The van der Waals surface area contributed by atoms with Gasteiger partial charge in [0.25, 0.3) is 0 Å². The van der Waals surface area contributed by atoms with Crippen LogP contribution in [0.3, 0.4) is 0 Å². The average molecular weight is 237 g/mol. The fourth-order valence-corrected chi connectivity index (χ4v) is 0.994. The van der Waals surface area contributed by atoms with E-state index in [1.165, 1.54) is 0 Å². The predicted octanol–water partition coefficient (Wildman–Crippen LogP) is 1.66. The molecule has 4 heteroatoms. The second kappa shape index (κ2) is 3.49. The van der Waals surface area contributed by atoms with E-state index in [0.29, 0.717) is 0 Å². The van der Waals surface area contributed by atoms with Crippen LogP contribution in [0.4, 0.5) is 0 Å². The van der Waals surface area contributed by atoms with Gasteiger partial charge in [-0.15, -0.1) is 0 Å². The van der Waals surface area contributed by atoms with Gasteiger partial charge in [-0.25, -0.2) is 9.97 Å². The van der Waals surface area contributed by atoms with Crippen LogP contribution in [0.1, 0.15) is 36.8 Å². The summed E-state index contributed by atoms with van der Waals surface area (Å²) >= 11 is 2.87. The third-order valence-electron chi connectivity index (χ3n) is 1.20. The van der Waals surface area contributed by atoms with Gasteiger partial charge in [0.1, 0.15) is 0 Å². The molecule has 0 saturated carbocycles. The molecule has 1 aromatic heterocycles. The number of hydrogen-bond donors (Lipinski definition) is 1. The molecule has 0 aliphatic carbocycles. The van der Waals surface area contributed by atoms with Crippen molar-refractivity contribution in [2.75, 3.05) is 6.50 Å². The monoisotopic (exact) mass is 236 g/mol. The first kappa shape index (κ1) is 2.75. The lowest BCUT2D eigenvalue weighted by Crippen LogP contribution is -2.14. The topological polar surface area (TPSA) is 37.8 Å². The lowest BCUT2D eigenvalue weighted by Gasteiger charge is -2.08. The number of nitrogens with zero attached hydrogens (tertiary/aromatic N) is 2. The second-order valence-electron chi connectivity index (χ2n) is 1.95. The molecular formula is C8H10BrN3. The zero-order valence-electron chi connectivity index (χ0n) is 14.8. The Morgan fingerprint density at radius 1 is 1.92 bits per heavy atom. The molecule has 12 heavy (non-hydrogen) atoms. The maximum absolute atomic E-state index is 8.19. The molecule has 1 N–H and O–H groups in total. The van der Waals surface area contributed by atoms with E-state index in [1.54, 1.807) is 0 Å². The molecule has 1 unspecified atom stereocenters. The van der Waals surface area contributed by atoms with Crippen LogP contribution in [0.5, 0.6) is 0 Å². The van der Waals surface area contributed by atoms with Gasteiger partial charge in [0.05, 0.1) is 9.81 Å². The molecule has 1 atom stereocenters. The van der Waals surface area contributed by atoms with Crippen molar-refractivity contribution in [3.63, 3.8) is 0 Å². The van der Waals surface area contributed by atoms with E-state index in [0.717, 1.165) is 0 Å². The van der Waals surface area contributed by atoms with E-state index in [4.69, 9.17) is 12.3 Å². The molecule has 1 aliphatic heterocycles. The molecule has 1 fully saturated rings. The summed E-state index contributed by atoms with van der Waals surface area (Å²) in [7, 11) is 0. The van der Waals surface area contributed by atoms with E-state index in [-0.39, 0.29) is 4.73 Å². The number of aromatic nitrogens is 2. The highest BCUT2D eigenvalue weighted by Gasteiger charge is 2.17. The van der Waals surface area contributed by atoms with Crippen molar-refractivity contribution < 1.29 is 12.3 Å². The number of nitrogens with one attached hydrogen (secondary N) is 1. The van der Waals surface area contributed by atoms with Gasteiger partial charge in [0.15, 0.2) is 4.73 Å². The summed E-state index contributed by atoms with van der Waals surface area (Å²) in [5.74, 6) is 0. The van der Waals surface area contributed by atoms with Gasteiger partial charge >= 0.3 is 0 Å². The van der Waals surface area contributed by atoms with Crippen molar-refractivity contribution in [3.05, 3.63) is 22.6 Å². The minimum absolute atomic E-state index is 0.171. The van der Waals surface area contributed by atoms with Gasteiger partial charge in [0.2, 0.25) is 0 Å². The van der Waals surface area contributed by atoms with Crippen molar-refractivity contribution >= 4 is 15.9 Å². The van der Waals surface area contributed by atoms with E-state index in [2.05, 4.69) is 25.9 Å². The van der Waals surface area contributed by atoms with Crippen LogP contribution < -0.4 is 5.32 Å². The summed E-state index contributed by atoms with van der Waals surface area (Å²) in [5.41, 5.74) is -0.607. The Morgan fingerprint density at radius 3 is 3.58 bits per heavy atom. The van der Waals surface area contributed by atoms with Gasteiger partial charge in [-0.3, -0.25) is 0 Å². The summed E-state index contributed by atoms with van der Waals surface area (Å²) in [6.45, 7) is -2.86. The Bertz CT molecular complexity index is 607. The smallest absolute Gasteiger partial charge is 0.196 e. The molecule has 2 heterocycles. The van der Waals surface area contributed by atoms with Crippen LogP contribution in [0, 0.1) is 0 Å². The van der Waals surface area contributed by atoms with Crippen LogP contribution in [0.2, 0.25) is 0 Å². The summed E-state index contributed by atoms with van der Waals surface area (Å²) in [6.07, 6.45) is -6.67. The fourth-order valence-electron chi connectivity index (χ4n) is 0.728. The van der Waals surface area contributed by atoms with E-state index in [9.17, 15) is 0 Å². The van der Waals surface area contributed by atoms with Crippen LogP contribution >= 0.6 is 15.9 Å². The summed E-state index contributed by atoms with van der Waals surface area (Å²) in [4.78, 5) is 7.21. The lowest BCUT2D eigenvalue weighted by atomic mass is 10.1. The van der Waals surface area contributed by atoms with Gasteiger partial charge in [0, 0.05) is 20.4 Å². The van der Waals surface area contributed by atoms with E-state index >= 15 is 0 Å². The van der Waals surface area contributed by atoms with Crippen molar-refractivity contribution in [1.82, 2.24) is 15.3 Å². The third kappa shape index (κ3) is 1.64. The Labute approximate surface area is 92.4 Å². The van der Waals surface area contributed by atoms with Crippen LogP contribution in [-0.2, 0) is 0 Å². The fraction of sp³-hybridized carbons (Fsp3) is 0.500. The Kier molecular flexibility index (Phi) is 0.801. The van der Waals surface area contributed by atoms with Gasteiger partial charge in [-0.05, 0) is 41.2 Å². The lowest BCUT2D eigenvalue weighted by molar-refractivity contribution is 0.623. The SMILES string of the molecule is [2H]c1nc(Br)nc(C2([2H])NC([2H])([2H])C([2H])([2H])C2([2H])[2H])c1[2H]. The largest absolute Gasteiger partial charge is 0.309 e. The first-order chi connectivity index (χ1) is 9.28. The first-order valence-electron chi connectivity index (χ1n) is 7.58. The van der Waals surface area contributed by atoms with Crippen molar-refractivity contribution in [2.45, 2.75) is 18.8 Å². The van der Waals surface area contributed by atoms with Crippen molar-refractivity contribution in [1.29, 1.82) is 0 Å². The second-order valence-corrected chi connectivity index (χ2v) is 2.66. The number of hydrogen-bond acceptors (Lipinski definition) is 3. The zero-order chi connectivity index (χ0) is 16.4. The summed E-state index contributed by atoms with van der Waals surface area (Å²) in [6, 6.07) is -3.35. The normalized spacial score (nSPS) is 52.6. The highest BCUT2D eigenvalue weighted by Crippen LogP contribution is 2.21. The highest BCUT2D eigenvalue weighted by molar-refractivity contribution is 9.10. The molecule has 2 rings (SSSR count). The molecule has 64 valence electrons. The van der Waals surface area contributed by atoms with Gasteiger partial charge in [-0.1, -0.05) is 0 Å². The molecule has 0 amide bonds. The van der Waals surface area contributed by atoms with Gasteiger partial charge < -0.3 is 5.32 Å². The van der Waals surface area contributed by atoms with E-state index in [1.807, 2.05) is 5.32 Å². The summed E-state index contributed by atoms with van der Waals surface area (Å²) in [5, 5.41) is 1.93. The minimum Gasteiger partial charge on any atom is -0.309 e. The third-order valence-corrected chi connectivity index (χ3v) is 1.56. The van der Waals surface area contributed by atoms with Crippen molar-refractivity contribution in [3.8, 4) is 0 Å². The molecular weight excluding hydrogens is 218 g/mol. The Balaban J connectivity index is 2.75. The Morgan fingerprint density at radius 2 is 2.83 bits per heavy atom. The van der Waals surface area contributed by atoms with Crippen LogP contribution in [0.15, 0.2) is 16.9 Å².